The van der Waals surface area contributed by atoms with E-state index in [0.29, 0.717) is 4.99 Å². The number of thiocarbonyl (C=S) groups is 1. The van der Waals surface area contributed by atoms with Gasteiger partial charge in [-0.05, 0) is 42.5 Å². The first-order chi connectivity index (χ1) is 8.66. The minimum Gasteiger partial charge on any atom is -0.389 e. The van der Waals surface area contributed by atoms with Gasteiger partial charge in [0.05, 0.1) is 0 Å². The van der Waals surface area contributed by atoms with Gasteiger partial charge in [-0.15, -0.1) is 11.3 Å². The van der Waals surface area contributed by atoms with Crippen LogP contribution in [0.1, 0.15) is 16.0 Å². The molecule has 0 spiro atoms. The summed E-state index contributed by atoms with van der Waals surface area (Å²) >= 11 is 6.84. The lowest BCUT2D eigenvalue weighted by atomic mass is 10.1. The van der Waals surface area contributed by atoms with Crippen molar-refractivity contribution in [2.45, 2.75) is 13.3 Å². The molecule has 18 heavy (non-hydrogen) atoms. The van der Waals surface area contributed by atoms with Crippen molar-refractivity contribution in [3.05, 3.63) is 51.7 Å². The first kappa shape index (κ1) is 13.1. The number of benzene rings is 1. The normalized spacial score (nSPS) is 10.3. The van der Waals surface area contributed by atoms with E-state index in [2.05, 4.69) is 35.8 Å². The van der Waals surface area contributed by atoms with Gasteiger partial charge in [0.1, 0.15) is 4.99 Å². The minimum absolute atomic E-state index is 0.439. The van der Waals surface area contributed by atoms with E-state index in [1.807, 2.05) is 12.1 Å². The fourth-order valence-corrected chi connectivity index (χ4v) is 2.68. The summed E-state index contributed by atoms with van der Waals surface area (Å²) < 4.78 is 0. The van der Waals surface area contributed by atoms with Gasteiger partial charge in [-0.1, -0.05) is 24.4 Å². The maximum absolute atomic E-state index is 5.72. The molecule has 0 aliphatic carbocycles. The van der Waals surface area contributed by atoms with Crippen molar-refractivity contribution in [3.63, 3.8) is 0 Å². The molecule has 0 unspecified atom stereocenters. The van der Waals surface area contributed by atoms with Crippen molar-refractivity contribution in [2.24, 2.45) is 5.73 Å². The third-order valence-corrected chi connectivity index (χ3v) is 3.86. The Morgan fingerprint density at radius 2 is 2.22 bits per heavy atom. The average Bonchev–Trinajstić information content (AvgIpc) is 2.82. The first-order valence-electron chi connectivity index (χ1n) is 5.83. The maximum atomic E-state index is 5.72. The molecule has 0 aliphatic heterocycles. The largest absolute Gasteiger partial charge is 0.389 e. The fourth-order valence-electron chi connectivity index (χ4n) is 1.79. The van der Waals surface area contributed by atoms with Gasteiger partial charge < -0.3 is 11.1 Å². The molecule has 0 saturated carbocycles. The number of anilines is 1. The first-order valence-corrected chi connectivity index (χ1v) is 7.12. The molecular weight excluding hydrogens is 260 g/mol. The van der Waals surface area contributed by atoms with E-state index in [-0.39, 0.29) is 0 Å². The molecule has 94 valence electrons. The SMILES string of the molecule is Cc1ccc(C(N)=S)c(NCCc2cccs2)c1. The van der Waals surface area contributed by atoms with E-state index in [0.717, 1.165) is 24.2 Å². The molecule has 0 saturated heterocycles. The van der Waals surface area contributed by atoms with E-state index in [1.54, 1.807) is 11.3 Å². The smallest absolute Gasteiger partial charge is 0.106 e. The molecule has 2 nitrogen and oxygen atoms in total. The van der Waals surface area contributed by atoms with Gasteiger partial charge in [0, 0.05) is 22.7 Å². The Hall–Kier alpha value is -1.39. The summed E-state index contributed by atoms with van der Waals surface area (Å²) in [5.74, 6) is 0. The fraction of sp³-hybridized carbons (Fsp3) is 0.214. The van der Waals surface area contributed by atoms with Gasteiger partial charge in [0.25, 0.3) is 0 Å². The Balaban J connectivity index is 2.03. The van der Waals surface area contributed by atoms with Crippen LogP contribution in [0.25, 0.3) is 0 Å². The topological polar surface area (TPSA) is 38.0 Å². The third kappa shape index (κ3) is 3.31. The molecule has 1 aromatic heterocycles. The molecule has 2 aromatic rings. The zero-order chi connectivity index (χ0) is 13.0. The van der Waals surface area contributed by atoms with E-state index in [9.17, 15) is 0 Å². The summed E-state index contributed by atoms with van der Waals surface area (Å²) in [6.07, 6.45) is 1.02. The van der Waals surface area contributed by atoms with Crippen molar-refractivity contribution < 1.29 is 0 Å². The van der Waals surface area contributed by atoms with Crippen LogP contribution >= 0.6 is 23.6 Å². The lowest BCUT2D eigenvalue weighted by Crippen LogP contribution is -2.14. The van der Waals surface area contributed by atoms with Crippen LogP contribution in [0.5, 0.6) is 0 Å². The molecule has 2 rings (SSSR count). The van der Waals surface area contributed by atoms with Crippen LogP contribution in [0.4, 0.5) is 5.69 Å². The number of nitrogens with two attached hydrogens (primary N) is 1. The van der Waals surface area contributed by atoms with Gasteiger partial charge in [0.2, 0.25) is 0 Å². The molecule has 0 atom stereocenters. The highest BCUT2D eigenvalue weighted by atomic mass is 32.1. The van der Waals surface area contributed by atoms with Gasteiger partial charge in [-0.2, -0.15) is 0 Å². The average molecular weight is 276 g/mol. The molecule has 3 N–H and O–H groups in total. The second-order valence-electron chi connectivity index (χ2n) is 4.17. The Bertz CT molecular complexity index is 533. The molecule has 1 aromatic carbocycles. The molecular formula is C14H16N2S2. The number of rotatable bonds is 5. The Morgan fingerprint density at radius 1 is 1.39 bits per heavy atom. The molecule has 0 amide bonds. The highest BCUT2D eigenvalue weighted by Crippen LogP contribution is 2.18. The van der Waals surface area contributed by atoms with Crippen molar-refractivity contribution in [3.8, 4) is 0 Å². The van der Waals surface area contributed by atoms with E-state index < -0.39 is 0 Å². The summed E-state index contributed by atoms with van der Waals surface area (Å²) in [5.41, 5.74) is 8.87. The Labute approximate surface area is 117 Å². The van der Waals surface area contributed by atoms with Crippen LogP contribution in [0.15, 0.2) is 35.7 Å². The van der Waals surface area contributed by atoms with Crippen LogP contribution in [-0.2, 0) is 6.42 Å². The zero-order valence-electron chi connectivity index (χ0n) is 10.3. The molecule has 1 heterocycles. The van der Waals surface area contributed by atoms with Crippen molar-refractivity contribution in [1.82, 2.24) is 0 Å². The minimum atomic E-state index is 0.439. The van der Waals surface area contributed by atoms with Gasteiger partial charge >= 0.3 is 0 Å². The van der Waals surface area contributed by atoms with E-state index in [4.69, 9.17) is 18.0 Å². The molecule has 0 aliphatic rings. The van der Waals surface area contributed by atoms with Crippen LogP contribution < -0.4 is 11.1 Å². The van der Waals surface area contributed by atoms with Crippen molar-refractivity contribution >= 4 is 34.2 Å². The van der Waals surface area contributed by atoms with E-state index >= 15 is 0 Å². The van der Waals surface area contributed by atoms with E-state index in [1.165, 1.54) is 10.4 Å². The number of hydrogen-bond donors (Lipinski definition) is 2. The highest BCUT2D eigenvalue weighted by molar-refractivity contribution is 7.80. The Morgan fingerprint density at radius 3 is 2.89 bits per heavy atom. The second-order valence-corrected chi connectivity index (χ2v) is 5.64. The van der Waals surface area contributed by atoms with Gasteiger partial charge in [-0.25, -0.2) is 0 Å². The van der Waals surface area contributed by atoms with Crippen molar-refractivity contribution in [2.75, 3.05) is 11.9 Å². The summed E-state index contributed by atoms with van der Waals surface area (Å²) in [6.45, 7) is 2.95. The zero-order valence-corrected chi connectivity index (χ0v) is 11.9. The third-order valence-electron chi connectivity index (χ3n) is 2.71. The molecule has 0 radical (unpaired) electrons. The predicted octanol–water partition coefficient (Wildman–Crippen LogP) is 3.35. The van der Waals surface area contributed by atoms with Gasteiger partial charge in [0.15, 0.2) is 0 Å². The quantitative estimate of drug-likeness (QED) is 0.823. The number of hydrogen-bond acceptors (Lipinski definition) is 3. The standard InChI is InChI=1S/C14H16N2S2/c1-10-4-5-12(14(15)17)13(9-10)16-7-6-11-3-2-8-18-11/h2-5,8-9,16H,6-7H2,1H3,(H2,15,17). The Kier molecular flexibility index (Phi) is 4.33. The number of aryl methyl sites for hydroxylation is 1. The highest BCUT2D eigenvalue weighted by Gasteiger charge is 2.05. The maximum Gasteiger partial charge on any atom is 0.106 e. The predicted molar refractivity (Wildman–Crippen MR) is 83.6 cm³/mol. The molecule has 0 fully saturated rings. The summed E-state index contributed by atoms with van der Waals surface area (Å²) in [6, 6.07) is 10.3. The van der Waals surface area contributed by atoms with Crippen LogP contribution in [0.2, 0.25) is 0 Å². The lowest BCUT2D eigenvalue weighted by Gasteiger charge is -2.11. The van der Waals surface area contributed by atoms with Gasteiger partial charge in [-0.3, -0.25) is 0 Å². The van der Waals surface area contributed by atoms with Crippen LogP contribution in [0, 0.1) is 6.92 Å². The number of nitrogens with one attached hydrogen (secondary N) is 1. The summed E-state index contributed by atoms with van der Waals surface area (Å²) in [4.78, 5) is 1.82. The van der Waals surface area contributed by atoms with Crippen LogP contribution in [-0.4, -0.2) is 11.5 Å². The van der Waals surface area contributed by atoms with Crippen LogP contribution in [0.3, 0.4) is 0 Å². The number of thiophene rings is 1. The summed E-state index contributed by atoms with van der Waals surface area (Å²) in [5, 5.41) is 5.51. The lowest BCUT2D eigenvalue weighted by molar-refractivity contribution is 1.04. The molecule has 0 bridgehead atoms. The molecule has 4 heteroatoms. The second kappa shape index (κ2) is 5.98. The monoisotopic (exact) mass is 276 g/mol. The summed E-state index contributed by atoms with van der Waals surface area (Å²) in [7, 11) is 0. The van der Waals surface area contributed by atoms with Crippen molar-refractivity contribution in [1.29, 1.82) is 0 Å².